The van der Waals surface area contributed by atoms with Gasteiger partial charge in [-0.2, -0.15) is 0 Å². The summed E-state index contributed by atoms with van der Waals surface area (Å²) >= 11 is 0. The fraction of sp³-hybridized carbons (Fsp3) is 0.588. The zero-order valence-electron chi connectivity index (χ0n) is 13.8. The zero-order chi connectivity index (χ0) is 16.5. The maximum absolute atomic E-state index is 11.7. The summed E-state index contributed by atoms with van der Waals surface area (Å²) in [4.78, 5) is 13.9. The summed E-state index contributed by atoms with van der Waals surface area (Å²) in [6.45, 7) is 3.56. The van der Waals surface area contributed by atoms with Crippen LogP contribution in [0.3, 0.4) is 0 Å². The first kappa shape index (κ1) is 17.6. The molecular formula is C17H27N3O3. The summed E-state index contributed by atoms with van der Waals surface area (Å²) in [5, 5.41) is 15.4. The van der Waals surface area contributed by atoms with Gasteiger partial charge < -0.3 is 25.4 Å². The van der Waals surface area contributed by atoms with Crippen molar-refractivity contribution in [1.82, 2.24) is 15.5 Å². The molecule has 2 rings (SSSR count). The molecule has 1 aromatic carbocycles. The van der Waals surface area contributed by atoms with Crippen LogP contribution in [0.4, 0.5) is 4.79 Å². The molecule has 0 spiro atoms. The van der Waals surface area contributed by atoms with Crippen molar-refractivity contribution in [2.75, 3.05) is 39.8 Å². The average molecular weight is 321 g/mol. The van der Waals surface area contributed by atoms with E-state index in [1.165, 1.54) is 12.8 Å². The molecule has 1 aliphatic rings. The Kier molecular flexibility index (Phi) is 7.16. The third-order valence-electron chi connectivity index (χ3n) is 4.02. The number of nitrogens with zero attached hydrogens (tertiary/aromatic N) is 1. The molecule has 6 nitrogen and oxygen atoms in total. The minimum Gasteiger partial charge on any atom is -0.497 e. The van der Waals surface area contributed by atoms with Gasteiger partial charge >= 0.3 is 6.03 Å². The zero-order valence-corrected chi connectivity index (χ0v) is 13.8. The van der Waals surface area contributed by atoms with E-state index in [0.29, 0.717) is 13.1 Å². The number of carbonyl (C=O) groups is 1. The number of carbonyl (C=O) groups excluding carboxylic acids is 1. The molecule has 0 bridgehead atoms. The van der Waals surface area contributed by atoms with E-state index < -0.39 is 6.10 Å². The largest absolute Gasteiger partial charge is 0.497 e. The van der Waals surface area contributed by atoms with Gasteiger partial charge in [-0.15, -0.1) is 0 Å². The molecule has 1 atom stereocenters. The standard InChI is InChI=1S/C17H27N3O3/c1-23-16-6-4-14(5-7-16)8-9-18-17(22)19-12-15(21)13-20-10-2-3-11-20/h4-7,15,21H,2-3,8-13H2,1H3,(H2,18,19,22). The molecule has 1 unspecified atom stereocenters. The normalized spacial score (nSPS) is 16.1. The highest BCUT2D eigenvalue weighted by Gasteiger charge is 2.16. The first-order valence-corrected chi connectivity index (χ1v) is 8.22. The Bertz CT molecular complexity index is 472. The van der Waals surface area contributed by atoms with Crippen LogP contribution < -0.4 is 15.4 Å². The van der Waals surface area contributed by atoms with Gasteiger partial charge in [-0.05, 0) is 50.0 Å². The minimum absolute atomic E-state index is 0.237. The quantitative estimate of drug-likeness (QED) is 0.668. The molecule has 23 heavy (non-hydrogen) atoms. The number of urea groups is 1. The molecule has 1 aromatic rings. The fourth-order valence-corrected chi connectivity index (χ4v) is 2.71. The van der Waals surface area contributed by atoms with Crippen molar-refractivity contribution >= 4 is 6.03 Å². The van der Waals surface area contributed by atoms with Crippen LogP contribution in [0.1, 0.15) is 18.4 Å². The van der Waals surface area contributed by atoms with Gasteiger partial charge in [0.05, 0.1) is 13.2 Å². The number of hydrogen-bond acceptors (Lipinski definition) is 4. The van der Waals surface area contributed by atoms with E-state index in [1.54, 1.807) is 7.11 Å². The Hall–Kier alpha value is -1.79. The van der Waals surface area contributed by atoms with Crippen LogP contribution in [0.25, 0.3) is 0 Å². The molecular weight excluding hydrogens is 294 g/mol. The molecule has 1 heterocycles. The van der Waals surface area contributed by atoms with E-state index >= 15 is 0 Å². The second-order valence-corrected chi connectivity index (χ2v) is 5.90. The number of likely N-dealkylation sites (tertiary alicyclic amines) is 1. The van der Waals surface area contributed by atoms with Crippen LogP contribution >= 0.6 is 0 Å². The van der Waals surface area contributed by atoms with E-state index in [0.717, 1.165) is 30.8 Å². The van der Waals surface area contributed by atoms with Crippen LogP contribution in [0.5, 0.6) is 5.75 Å². The summed E-state index contributed by atoms with van der Waals surface area (Å²) in [5.41, 5.74) is 1.14. The van der Waals surface area contributed by atoms with E-state index in [-0.39, 0.29) is 12.6 Å². The lowest BCUT2D eigenvalue weighted by molar-refractivity contribution is 0.124. The van der Waals surface area contributed by atoms with E-state index in [4.69, 9.17) is 4.74 Å². The maximum Gasteiger partial charge on any atom is 0.314 e. The summed E-state index contributed by atoms with van der Waals surface area (Å²) in [7, 11) is 1.64. The van der Waals surface area contributed by atoms with Gasteiger partial charge in [-0.1, -0.05) is 12.1 Å². The third kappa shape index (κ3) is 6.46. The number of rotatable bonds is 8. The van der Waals surface area contributed by atoms with Gasteiger partial charge in [0.2, 0.25) is 0 Å². The summed E-state index contributed by atoms with van der Waals surface area (Å²) in [6.07, 6.45) is 2.64. The first-order valence-electron chi connectivity index (χ1n) is 8.22. The number of benzene rings is 1. The maximum atomic E-state index is 11.7. The van der Waals surface area contributed by atoms with Crippen molar-refractivity contribution in [3.05, 3.63) is 29.8 Å². The van der Waals surface area contributed by atoms with Crippen molar-refractivity contribution in [1.29, 1.82) is 0 Å². The Morgan fingerprint density at radius 2 is 1.96 bits per heavy atom. The molecule has 2 amide bonds. The molecule has 0 aliphatic carbocycles. The van der Waals surface area contributed by atoms with E-state index in [1.807, 2.05) is 24.3 Å². The number of aliphatic hydroxyl groups is 1. The van der Waals surface area contributed by atoms with Gasteiger partial charge in [-0.3, -0.25) is 0 Å². The smallest absolute Gasteiger partial charge is 0.314 e. The lowest BCUT2D eigenvalue weighted by Gasteiger charge is -2.19. The number of nitrogens with one attached hydrogen (secondary N) is 2. The minimum atomic E-state index is -0.513. The van der Waals surface area contributed by atoms with Gasteiger partial charge in [0.15, 0.2) is 0 Å². The third-order valence-corrected chi connectivity index (χ3v) is 4.02. The molecule has 0 aromatic heterocycles. The molecule has 3 N–H and O–H groups in total. The van der Waals surface area contributed by atoms with E-state index in [2.05, 4.69) is 15.5 Å². The van der Waals surface area contributed by atoms with Crippen molar-refractivity contribution in [3.8, 4) is 5.75 Å². The molecule has 0 radical (unpaired) electrons. The topological polar surface area (TPSA) is 73.8 Å². The molecule has 128 valence electrons. The summed E-state index contributed by atoms with van der Waals surface area (Å²) in [5.74, 6) is 0.825. The molecule has 1 fully saturated rings. The SMILES string of the molecule is COc1ccc(CCNC(=O)NCC(O)CN2CCCC2)cc1. The number of hydrogen-bond donors (Lipinski definition) is 3. The number of amides is 2. The van der Waals surface area contributed by atoms with Gasteiger partial charge in [-0.25, -0.2) is 4.79 Å². The van der Waals surface area contributed by atoms with Crippen molar-refractivity contribution in [2.24, 2.45) is 0 Å². The van der Waals surface area contributed by atoms with Gasteiger partial charge in [0.1, 0.15) is 5.75 Å². The van der Waals surface area contributed by atoms with Crippen LogP contribution in [0, 0.1) is 0 Å². The Labute approximate surface area is 137 Å². The highest BCUT2D eigenvalue weighted by atomic mass is 16.5. The van der Waals surface area contributed by atoms with Gasteiger partial charge in [0.25, 0.3) is 0 Å². The van der Waals surface area contributed by atoms with Crippen molar-refractivity contribution < 1.29 is 14.6 Å². The fourth-order valence-electron chi connectivity index (χ4n) is 2.71. The Morgan fingerprint density at radius 1 is 1.26 bits per heavy atom. The Morgan fingerprint density at radius 3 is 2.61 bits per heavy atom. The average Bonchev–Trinajstić information content (AvgIpc) is 3.06. The highest BCUT2D eigenvalue weighted by Crippen LogP contribution is 2.11. The second kappa shape index (κ2) is 9.37. The number of aliphatic hydroxyl groups excluding tert-OH is 1. The van der Waals surface area contributed by atoms with Crippen LogP contribution in [0.15, 0.2) is 24.3 Å². The predicted octanol–water partition coefficient (Wildman–Crippen LogP) is 0.994. The van der Waals surface area contributed by atoms with Crippen LogP contribution in [-0.2, 0) is 6.42 Å². The predicted molar refractivity (Wildman–Crippen MR) is 89.8 cm³/mol. The highest BCUT2D eigenvalue weighted by molar-refractivity contribution is 5.73. The monoisotopic (exact) mass is 321 g/mol. The summed E-state index contributed by atoms with van der Waals surface area (Å²) in [6, 6.07) is 7.55. The van der Waals surface area contributed by atoms with Crippen molar-refractivity contribution in [2.45, 2.75) is 25.4 Å². The first-order chi connectivity index (χ1) is 11.2. The number of ether oxygens (including phenoxy) is 1. The lowest BCUT2D eigenvalue weighted by Crippen LogP contribution is -2.43. The van der Waals surface area contributed by atoms with Crippen LogP contribution in [-0.4, -0.2) is 62.0 Å². The van der Waals surface area contributed by atoms with Crippen LogP contribution in [0.2, 0.25) is 0 Å². The summed E-state index contributed by atoms with van der Waals surface area (Å²) < 4.78 is 5.11. The molecule has 1 aliphatic heterocycles. The Balaban J connectivity index is 1.57. The molecule has 0 saturated carbocycles. The lowest BCUT2D eigenvalue weighted by atomic mass is 10.1. The van der Waals surface area contributed by atoms with Crippen molar-refractivity contribution in [3.63, 3.8) is 0 Å². The van der Waals surface area contributed by atoms with Gasteiger partial charge in [0, 0.05) is 19.6 Å². The molecule has 6 heteroatoms. The molecule has 1 saturated heterocycles. The second-order valence-electron chi connectivity index (χ2n) is 5.90. The van der Waals surface area contributed by atoms with E-state index in [9.17, 15) is 9.90 Å². The number of methoxy groups -OCH3 is 1. The number of β-amino-alcohol motifs (C(OH)–C–C–N with tert-alkyl or cyclic N) is 1.